The van der Waals surface area contributed by atoms with Crippen LogP contribution >= 0.6 is 11.6 Å². The third-order valence-corrected chi connectivity index (χ3v) is 5.55. The number of aromatic nitrogens is 2. The number of benzene rings is 1. The van der Waals surface area contributed by atoms with Crippen molar-refractivity contribution in [2.75, 3.05) is 7.05 Å². The fraction of sp³-hybridized carbons (Fsp3) is 0.429. The van der Waals surface area contributed by atoms with Gasteiger partial charge < -0.3 is 4.90 Å². The predicted octanol–water partition coefficient (Wildman–Crippen LogP) is 4.70. The first-order valence-electron chi connectivity index (χ1n) is 9.28. The Hall–Kier alpha value is -2.07. The molecule has 4 nitrogen and oxygen atoms in total. The molecule has 1 heterocycles. The molecule has 0 N–H and O–H groups in total. The summed E-state index contributed by atoms with van der Waals surface area (Å²) in [7, 11) is 1.90. The van der Waals surface area contributed by atoms with Crippen LogP contribution in [0.1, 0.15) is 48.9 Å². The Kier molecular flexibility index (Phi) is 6.15. The van der Waals surface area contributed by atoms with Gasteiger partial charge in [0.15, 0.2) is 0 Å². The molecule has 1 fully saturated rings. The Bertz CT molecular complexity index is 776. The van der Waals surface area contributed by atoms with Crippen molar-refractivity contribution < 1.29 is 4.79 Å². The first kappa shape index (κ1) is 18.7. The van der Waals surface area contributed by atoms with E-state index in [9.17, 15) is 4.79 Å². The van der Waals surface area contributed by atoms with Crippen LogP contribution in [-0.2, 0) is 11.3 Å². The second-order valence-corrected chi connectivity index (χ2v) is 7.37. The predicted molar refractivity (Wildman–Crippen MR) is 106 cm³/mol. The fourth-order valence-electron chi connectivity index (χ4n) is 3.54. The topological polar surface area (TPSA) is 38.1 Å². The maximum absolute atomic E-state index is 12.5. The average molecular weight is 372 g/mol. The molecule has 1 aliphatic carbocycles. The van der Waals surface area contributed by atoms with Gasteiger partial charge in [-0.3, -0.25) is 4.79 Å². The molecule has 1 aliphatic rings. The molecule has 26 heavy (non-hydrogen) atoms. The van der Waals surface area contributed by atoms with E-state index in [4.69, 9.17) is 11.6 Å². The summed E-state index contributed by atoms with van der Waals surface area (Å²) in [5, 5.41) is 5.09. The van der Waals surface area contributed by atoms with Crippen molar-refractivity contribution in [1.29, 1.82) is 0 Å². The van der Waals surface area contributed by atoms with Gasteiger partial charge in [-0.15, -0.1) is 0 Å². The lowest BCUT2D eigenvalue weighted by molar-refractivity contribution is -0.127. The Labute approximate surface area is 160 Å². The molecule has 1 aromatic heterocycles. The van der Waals surface area contributed by atoms with Gasteiger partial charge in [0.05, 0.1) is 12.2 Å². The molecule has 1 aromatic carbocycles. The first-order valence-corrected chi connectivity index (χ1v) is 9.65. The number of rotatable bonds is 5. The molecule has 0 atom stereocenters. The molecule has 3 rings (SSSR count). The lowest BCUT2D eigenvalue weighted by Crippen LogP contribution is -2.37. The molecule has 0 spiro atoms. The number of likely N-dealkylation sites (N-methyl/N-ethyl adjacent to an activating group) is 1. The standard InChI is InChI=1S/C21H26ClN3O/c1-16-19(13-14-20(26)24(2)18-11-7-4-8-12-18)21(22)25(23-16)15-17-9-5-3-6-10-17/h3,5-6,9-10,13-14,18H,4,7-8,11-12,15H2,1-2H3/b14-13+. The summed E-state index contributed by atoms with van der Waals surface area (Å²) in [4.78, 5) is 14.4. The molecule has 1 amide bonds. The molecular weight excluding hydrogens is 346 g/mol. The Morgan fingerprint density at radius 2 is 1.96 bits per heavy atom. The second-order valence-electron chi connectivity index (χ2n) is 7.01. The van der Waals surface area contributed by atoms with E-state index in [1.165, 1.54) is 19.3 Å². The van der Waals surface area contributed by atoms with E-state index < -0.39 is 0 Å². The van der Waals surface area contributed by atoms with E-state index in [-0.39, 0.29) is 5.91 Å². The molecule has 0 aliphatic heterocycles. The Morgan fingerprint density at radius 1 is 1.27 bits per heavy atom. The smallest absolute Gasteiger partial charge is 0.246 e. The van der Waals surface area contributed by atoms with Gasteiger partial charge >= 0.3 is 0 Å². The summed E-state index contributed by atoms with van der Waals surface area (Å²) in [6, 6.07) is 10.4. The van der Waals surface area contributed by atoms with Crippen LogP contribution in [0.5, 0.6) is 0 Å². The van der Waals surface area contributed by atoms with Crippen molar-refractivity contribution in [1.82, 2.24) is 14.7 Å². The quantitative estimate of drug-likeness (QED) is 0.714. The van der Waals surface area contributed by atoms with E-state index in [2.05, 4.69) is 5.10 Å². The van der Waals surface area contributed by atoms with E-state index in [1.54, 1.807) is 16.8 Å². The van der Waals surface area contributed by atoms with Crippen LogP contribution in [0.3, 0.4) is 0 Å². The minimum Gasteiger partial charge on any atom is -0.339 e. The van der Waals surface area contributed by atoms with Crippen LogP contribution in [0, 0.1) is 6.92 Å². The van der Waals surface area contributed by atoms with Crippen LogP contribution in [-0.4, -0.2) is 33.7 Å². The van der Waals surface area contributed by atoms with E-state index in [0.29, 0.717) is 17.7 Å². The average Bonchev–Trinajstić information content (AvgIpc) is 2.93. The largest absolute Gasteiger partial charge is 0.339 e. The Balaban J connectivity index is 1.71. The maximum Gasteiger partial charge on any atom is 0.246 e. The van der Waals surface area contributed by atoms with Crippen molar-refractivity contribution in [3.8, 4) is 0 Å². The van der Waals surface area contributed by atoms with E-state index >= 15 is 0 Å². The van der Waals surface area contributed by atoms with E-state index in [1.807, 2.05) is 49.2 Å². The zero-order valence-corrected chi connectivity index (χ0v) is 16.2. The molecule has 2 aromatic rings. The highest BCUT2D eigenvalue weighted by Gasteiger charge is 2.20. The van der Waals surface area contributed by atoms with Crippen molar-refractivity contribution >= 4 is 23.6 Å². The number of hydrogen-bond donors (Lipinski definition) is 0. The third-order valence-electron chi connectivity index (χ3n) is 5.15. The van der Waals surface area contributed by atoms with Gasteiger partial charge in [0.2, 0.25) is 5.91 Å². The number of nitrogens with zero attached hydrogens (tertiary/aromatic N) is 3. The number of carbonyl (C=O) groups is 1. The van der Waals surface area contributed by atoms with Gasteiger partial charge in [-0.1, -0.05) is 61.2 Å². The summed E-state index contributed by atoms with van der Waals surface area (Å²) >= 11 is 6.52. The second kappa shape index (κ2) is 8.54. The summed E-state index contributed by atoms with van der Waals surface area (Å²) < 4.78 is 1.78. The van der Waals surface area contributed by atoms with Crippen LogP contribution in [0.25, 0.3) is 6.08 Å². The normalized spacial score (nSPS) is 15.5. The van der Waals surface area contributed by atoms with Crippen molar-refractivity contribution in [2.45, 2.75) is 51.6 Å². The van der Waals surface area contributed by atoms with Crippen LogP contribution < -0.4 is 0 Å². The minimum absolute atomic E-state index is 0.0307. The summed E-state index contributed by atoms with van der Waals surface area (Å²) in [6.07, 6.45) is 9.33. The van der Waals surface area contributed by atoms with Crippen LogP contribution in [0.4, 0.5) is 0 Å². The lowest BCUT2D eigenvalue weighted by Gasteiger charge is -2.30. The van der Waals surface area contributed by atoms with Gasteiger partial charge in [-0.05, 0) is 31.4 Å². The minimum atomic E-state index is 0.0307. The highest BCUT2D eigenvalue weighted by molar-refractivity contribution is 6.31. The fourth-order valence-corrected chi connectivity index (χ4v) is 3.84. The number of aryl methyl sites for hydroxylation is 1. The zero-order chi connectivity index (χ0) is 18.5. The van der Waals surface area contributed by atoms with Crippen LogP contribution in [0.2, 0.25) is 5.15 Å². The molecule has 138 valence electrons. The van der Waals surface area contributed by atoms with Gasteiger partial charge in [0, 0.05) is 24.7 Å². The SMILES string of the molecule is Cc1nn(Cc2ccccc2)c(Cl)c1/C=C/C(=O)N(C)C1CCCCC1. The Morgan fingerprint density at radius 3 is 2.65 bits per heavy atom. The molecule has 1 saturated carbocycles. The van der Waals surface area contributed by atoms with Crippen molar-refractivity contribution in [3.63, 3.8) is 0 Å². The number of hydrogen-bond acceptors (Lipinski definition) is 2. The number of halogens is 1. The van der Waals surface area contributed by atoms with Gasteiger partial charge in [0.1, 0.15) is 5.15 Å². The van der Waals surface area contributed by atoms with Crippen LogP contribution in [0.15, 0.2) is 36.4 Å². The molecular formula is C21H26ClN3O. The van der Waals surface area contributed by atoms with Gasteiger partial charge in [0.25, 0.3) is 0 Å². The van der Waals surface area contributed by atoms with Crippen molar-refractivity contribution in [2.24, 2.45) is 0 Å². The number of amides is 1. The van der Waals surface area contributed by atoms with Crippen molar-refractivity contribution in [3.05, 3.63) is 58.4 Å². The first-order chi connectivity index (χ1) is 12.6. The number of carbonyl (C=O) groups excluding carboxylic acids is 1. The van der Waals surface area contributed by atoms with Gasteiger partial charge in [-0.2, -0.15) is 5.10 Å². The molecule has 0 unspecified atom stereocenters. The summed E-state index contributed by atoms with van der Waals surface area (Å²) in [6.45, 7) is 2.53. The third kappa shape index (κ3) is 4.36. The summed E-state index contributed by atoms with van der Waals surface area (Å²) in [5.74, 6) is 0.0307. The lowest BCUT2D eigenvalue weighted by atomic mass is 9.94. The highest BCUT2D eigenvalue weighted by atomic mass is 35.5. The maximum atomic E-state index is 12.5. The highest BCUT2D eigenvalue weighted by Crippen LogP contribution is 2.24. The molecule has 0 radical (unpaired) electrons. The molecule has 5 heteroatoms. The molecule has 0 bridgehead atoms. The van der Waals surface area contributed by atoms with Gasteiger partial charge in [-0.25, -0.2) is 4.68 Å². The zero-order valence-electron chi connectivity index (χ0n) is 15.5. The monoisotopic (exact) mass is 371 g/mol. The molecule has 0 saturated heterocycles. The summed E-state index contributed by atoms with van der Waals surface area (Å²) in [5.41, 5.74) is 2.78. The van der Waals surface area contributed by atoms with E-state index in [0.717, 1.165) is 29.7 Å².